The number of benzene rings is 4. The van der Waals surface area contributed by atoms with E-state index in [4.69, 9.17) is 4.74 Å². The summed E-state index contributed by atoms with van der Waals surface area (Å²) in [6.45, 7) is 3.93. The van der Waals surface area contributed by atoms with Gasteiger partial charge in [0, 0.05) is 32.5 Å². The average Bonchev–Trinajstić information content (AvgIpc) is 3.43. The Bertz CT molecular complexity index is 1880. The number of carbonyl (C=O) groups is 4. The van der Waals surface area contributed by atoms with Gasteiger partial charge in [-0.05, 0) is 55.1 Å². The second-order valence-corrected chi connectivity index (χ2v) is 11.7. The SMILES string of the molecule is CCOC(=O)c1c(-c2ccc(C)cc2)csc1NC(=O)CSc1cccc(NC(=O)c2cccc3cccc(C(=O)O)c23)c1. The van der Waals surface area contributed by atoms with Crippen molar-refractivity contribution in [3.8, 4) is 11.1 Å². The average molecular weight is 625 g/mol. The minimum Gasteiger partial charge on any atom is -0.478 e. The third-order valence-electron chi connectivity index (χ3n) is 6.73. The van der Waals surface area contributed by atoms with Crippen LogP contribution in [0.1, 0.15) is 43.6 Å². The van der Waals surface area contributed by atoms with E-state index in [0.29, 0.717) is 32.6 Å². The van der Waals surface area contributed by atoms with Crippen molar-refractivity contribution in [3.63, 3.8) is 0 Å². The van der Waals surface area contributed by atoms with Crippen molar-refractivity contribution < 1.29 is 29.0 Å². The maximum Gasteiger partial charge on any atom is 0.341 e. The van der Waals surface area contributed by atoms with Gasteiger partial charge in [-0.3, -0.25) is 9.59 Å². The van der Waals surface area contributed by atoms with E-state index in [-0.39, 0.29) is 29.4 Å². The molecule has 0 spiro atoms. The number of rotatable bonds is 10. The lowest BCUT2D eigenvalue weighted by molar-refractivity contribution is -0.113. The van der Waals surface area contributed by atoms with Crippen molar-refractivity contribution in [3.05, 3.63) is 113 Å². The van der Waals surface area contributed by atoms with E-state index in [1.807, 2.05) is 42.6 Å². The molecule has 3 N–H and O–H groups in total. The second kappa shape index (κ2) is 13.6. The maximum atomic E-state index is 13.2. The largest absolute Gasteiger partial charge is 0.478 e. The lowest BCUT2D eigenvalue weighted by atomic mass is 9.98. The van der Waals surface area contributed by atoms with Gasteiger partial charge in [0.1, 0.15) is 10.6 Å². The highest BCUT2D eigenvalue weighted by atomic mass is 32.2. The summed E-state index contributed by atoms with van der Waals surface area (Å²) in [7, 11) is 0. The first-order valence-corrected chi connectivity index (χ1v) is 15.6. The third-order valence-corrected chi connectivity index (χ3v) is 8.62. The van der Waals surface area contributed by atoms with Crippen LogP contribution in [0.5, 0.6) is 0 Å². The Hall–Kier alpha value is -4.93. The first-order valence-electron chi connectivity index (χ1n) is 13.7. The van der Waals surface area contributed by atoms with E-state index >= 15 is 0 Å². The predicted octanol–water partition coefficient (Wildman–Crippen LogP) is 7.73. The fourth-order valence-electron chi connectivity index (χ4n) is 4.68. The van der Waals surface area contributed by atoms with Crippen molar-refractivity contribution in [2.75, 3.05) is 23.0 Å². The highest BCUT2D eigenvalue weighted by Gasteiger charge is 2.23. The molecule has 0 fully saturated rings. The third kappa shape index (κ3) is 6.82. The molecule has 5 rings (SSSR count). The van der Waals surface area contributed by atoms with Gasteiger partial charge in [-0.2, -0.15) is 0 Å². The molecule has 2 amide bonds. The summed E-state index contributed by atoms with van der Waals surface area (Å²) in [6.07, 6.45) is 0. The molecule has 1 aromatic heterocycles. The predicted molar refractivity (Wildman–Crippen MR) is 175 cm³/mol. The number of hydrogen-bond donors (Lipinski definition) is 3. The maximum absolute atomic E-state index is 13.2. The first-order chi connectivity index (χ1) is 21.2. The van der Waals surface area contributed by atoms with Gasteiger partial charge in [-0.1, -0.05) is 60.2 Å². The summed E-state index contributed by atoms with van der Waals surface area (Å²) in [5, 5.41) is 18.6. The van der Waals surface area contributed by atoms with E-state index in [1.165, 1.54) is 29.2 Å². The second-order valence-electron chi connectivity index (χ2n) is 9.77. The van der Waals surface area contributed by atoms with Crippen LogP contribution in [-0.4, -0.2) is 41.2 Å². The highest BCUT2D eigenvalue weighted by Crippen LogP contribution is 2.37. The zero-order valence-corrected chi connectivity index (χ0v) is 25.5. The van der Waals surface area contributed by atoms with Crippen molar-refractivity contribution in [1.82, 2.24) is 0 Å². The normalized spacial score (nSPS) is 10.8. The molecule has 4 aromatic carbocycles. The Labute approximate surface area is 262 Å². The van der Waals surface area contributed by atoms with Gasteiger partial charge < -0.3 is 20.5 Å². The number of anilines is 2. The van der Waals surface area contributed by atoms with Gasteiger partial charge in [0.25, 0.3) is 5.91 Å². The number of carboxylic acids is 1. The number of ether oxygens (including phenoxy) is 1. The molecule has 0 atom stereocenters. The number of carboxylic acid groups (broad SMARTS) is 1. The molecule has 0 bridgehead atoms. The fourth-order valence-corrected chi connectivity index (χ4v) is 6.41. The summed E-state index contributed by atoms with van der Waals surface area (Å²) < 4.78 is 5.29. The fraction of sp³-hybridized carbons (Fsp3) is 0.118. The number of hydrogen-bond acceptors (Lipinski definition) is 7. The Morgan fingerprint density at radius 1 is 0.886 bits per heavy atom. The van der Waals surface area contributed by atoms with E-state index in [1.54, 1.807) is 55.5 Å². The van der Waals surface area contributed by atoms with Gasteiger partial charge in [0.05, 0.1) is 17.9 Å². The molecule has 0 saturated carbocycles. The number of thioether (sulfide) groups is 1. The molecule has 0 saturated heterocycles. The quantitative estimate of drug-likeness (QED) is 0.107. The molecule has 44 heavy (non-hydrogen) atoms. The van der Waals surface area contributed by atoms with Crippen LogP contribution in [0, 0.1) is 6.92 Å². The van der Waals surface area contributed by atoms with Crippen LogP contribution in [0.15, 0.2) is 95.2 Å². The standard InChI is InChI=1S/C34H28N2O6S2/c1-3-42-34(41)30-27(21-15-13-20(2)14-16-21)18-44-32(30)36-28(37)19-43-24-10-6-9-23(17-24)35-31(38)25-11-4-7-22-8-5-12-26(29(22)25)33(39)40/h4-18H,3,19H2,1-2H3,(H,35,38)(H,36,37)(H,39,40). The van der Waals surface area contributed by atoms with Crippen LogP contribution in [0.3, 0.4) is 0 Å². The number of amides is 2. The topological polar surface area (TPSA) is 122 Å². The van der Waals surface area contributed by atoms with Gasteiger partial charge in [-0.25, -0.2) is 9.59 Å². The first kappa shape index (κ1) is 30.5. The van der Waals surface area contributed by atoms with Gasteiger partial charge in [0.15, 0.2) is 0 Å². The van der Waals surface area contributed by atoms with Crippen LogP contribution in [0.2, 0.25) is 0 Å². The summed E-state index contributed by atoms with van der Waals surface area (Å²) in [5.41, 5.74) is 3.76. The minimum absolute atomic E-state index is 0.0476. The number of thiophene rings is 1. The van der Waals surface area contributed by atoms with E-state index in [9.17, 15) is 24.3 Å². The molecule has 5 aromatic rings. The Balaban J connectivity index is 1.28. The monoisotopic (exact) mass is 624 g/mol. The summed E-state index contributed by atoms with van der Waals surface area (Å²) in [5.74, 6) is -2.31. The number of esters is 1. The Morgan fingerprint density at radius 2 is 1.59 bits per heavy atom. The van der Waals surface area contributed by atoms with Gasteiger partial charge in [-0.15, -0.1) is 23.1 Å². The van der Waals surface area contributed by atoms with E-state index < -0.39 is 17.8 Å². The molecule has 10 heteroatoms. The van der Waals surface area contributed by atoms with Crippen molar-refractivity contribution in [2.45, 2.75) is 18.7 Å². The number of aromatic carboxylic acids is 1. The van der Waals surface area contributed by atoms with Crippen molar-refractivity contribution in [1.29, 1.82) is 0 Å². The Morgan fingerprint density at radius 3 is 2.30 bits per heavy atom. The number of nitrogens with one attached hydrogen (secondary N) is 2. The van der Waals surface area contributed by atoms with Crippen molar-refractivity contribution >= 4 is 68.3 Å². The van der Waals surface area contributed by atoms with E-state index in [2.05, 4.69) is 10.6 Å². The molecule has 222 valence electrons. The molecule has 0 aliphatic carbocycles. The lowest BCUT2D eigenvalue weighted by Gasteiger charge is -2.11. The van der Waals surface area contributed by atoms with Gasteiger partial charge >= 0.3 is 11.9 Å². The molecule has 0 radical (unpaired) electrons. The van der Waals surface area contributed by atoms with Crippen molar-refractivity contribution in [2.24, 2.45) is 0 Å². The zero-order chi connectivity index (χ0) is 31.2. The van der Waals surface area contributed by atoms with Crippen LogP contribution >= 0.6 is 23.1 Å². The molecule has 0 unspecified atom stereocenters. The van der Waals surface area contributed by atoms with Crippen LogP contribution < -0.4 is 10.6 Å². The lowest BCUT2D eigenvalue weighted by Crippen LogP contribution is -2.16. The Kier molecular flexibility index (Phi) is 9.42. The van der Waals surface area contributed by atoms with Gasteiger partial charge in [0.2, 0.25) is 5.91 Å². The summed E-state index contributed by atoms with van der Waals surface area (Å²) in [4.78, 5) is 51.6. The van der Waals surface area contributed by atoms with Crippen LogP contribution in [0.25, 0.3) is 21.9 Å². The minimum atomic E-state index is -1.11. The smallest absolute Gasteiger partial charge is 0.341 e. The number of carbonyl (C=O) groups excluding carboxylic acids is 3. The van der Waals surface area contributed by atoms with E-state index in [0.717, 1.165) is 16.0 Å². The summed E-state index contributed by atoms with van der Waals surface area (Å²) in [6, 6.07) is 24.7. The zero-order valence-electron chi connectivity index (χ0n) is 23.9. The molecule has 8 nitrogen and oxygen atoms in total. The molecular weight excluding hydrogens is 597 g/mol. The summed E-state index contributed by atoms with van der Waals surface area (Å²) >= 11 is 2.53. The highest BCUT2D eigenvalue weighted by molar-refractivity contribution is 8.00. The molecule has 0 aliphatic rings. The molecule has 1 heterocycles. The van der Waals surface area contributed by atoms with Crippen LogP contribution in [-0.2, 0) is 9.53 Å². The molecule has 0 aliphatic heterocycles. The molecular formula is C34H28N2O6S2. The number of aryl methyl sites for hydroxylation is 1. The number of fused-ring (bicyclic) bond motifs is 1. The van der Waals surface area contributed by atoms with Crippen LogP contribution in [0.4, 0.5) is 10.7 Å².